The number of ether oxygens (including phenoxy) is 2. The second kappa shape index (κ2) is 11.1. The van der Waals surface area contributed by atoms with Crippen LogP contribution in [-0.2, 0) is 10.0 Å². The molecule has 0 amide bonds. The van der Waals surface area contributed by atoms with Crippen molar-refractivity contribution in [2.24, 2.45) is 0 Å². The van der Waals surface area contributed by atoms with Gasteiger partial charge in [-0.15, -0.1) is 0 Å². The maximum Gasteiger partial charge on any atom is 0.259 e. The smallest absolute Gasteiger partial charge is 0.259 e. The number of sulfonamides is 1. The normalized spacial score (nSPS) is 11.7. The average Bonchev–Trinajstić information content (AvgIpc) is 2.90. The SMILES string of the molecule is CC/C(=C\c1ccccc1)S(=O)(=O)Nc1nc(-c2ncccn2)nc(Cl)c1Oc1ccccc1OC. The van der Waals surface area contributed by atoms with Crippen LogP contribution in [-0.4, -0.2) is 35.5 Å². The van der Waals surface area contributed by atoms with Gasteiger partial charge in [0.1, 0.15) is 0 Å². The molecule has 2 heterocycles. The zero-order valence-electron chi connectivity index (χ0n) is 19.4. The number of methoxy groups -OCH3 is 1. The van der Waals surface area contributed by atoms with Gasteiger partial charge in [0.2, 0.25) is 11.6 Å². The van der Waals surface area contributed by atoms with Crippen LogP contribution in [0, 0.1) is 0 Å². The van der Waals surface area contributed by atoms with Crippen molar-refractivity contribution in [2.45, 2.75) is 13.3 Å². The standard InChI is InChI=1S/C25H22ClN5O4S/c1-3-18(16-17-10-5-4-6-11-17)36(32,33)31-23-21(35-20-13-8-7-12-19(20)34-2)22(26)29-25(30-23)24-27-14-9-15-28-24/h4-16H,3H2,1-2H3,(H,29,30,31)/b18-16+. The van der Waals surface area contributed by atoms with Crippen LogP contribution in [0.25, 0.3) is 17.7 Å². The molecule has 0 unspecified atom stereocenters. The molecule has 0 atom stereocenters. The quantitative estimate of drug-likeness (QED) is 0.282. The number of nitrogens with one attached hydrogen (secondary N) is 1. The molecule has 0 spiro atoms. The van der Waals surface area contributed by atoms with Crippen LogP contribution in [0.2, 0.25) is 5.15 Å². The van der Waals surface area contributed by atoms with Gasteiger partial charge in [-0.05, 0) is 36.3 Å². The van der Waals surface area contributed by atoms with Gasteiger partial charge >= 0.3 is 0 Å². The van der Waals surface area contributed by atoms with Crippen LogP contribution < -0.4 is 14.2 Å². The predicted molar refractivity (Wildman–Crippen MR) is 138 cm³/mol. The molecule has 0 saturated carbocycles. The average molecular weight is 524 g/mol. The van der Waals surface area contributed by atoms with Gasteiger partial charge in [0.25, 0.3) is 10.0 Å². The Hall–Kier alpha value is -4.02. The van der Waals surface area contributed by atoms with Crippen LogP contribution in [0.1, 0.15) is 18.9 Å². The van der Waals surface area contributed by atoms with Crippen molar-refractivity contribution in [1.29, 1.82) is 0 Å². The first-order valence-electron chi connectivity index (χ1n) is 10.9. The van der Waals surface area contributed by atoms with E-state index in [0.717, 1.165) is 5.56 Å². The zero-order chi connectivity index (χ0) is 25.5. The van der Waals surface area contributed by atoms with Crippen molar-refractivity contribution in [2.75, 3.05) is 11.8 Å². The Morgan fingerprint density at radius 2 is 1.61 bits per heavy atom. The molecular weight excluding hydrogens is 502 g/mol. The number of rotatable bonds is 9. The summed E-state index contributed by atoms with van der Waals surface area (Å²) in [5, 5.41) is -0.138. The highest BCUT2D eigenvalue weighted by Gasteiger charge is 2.25. The van der Waals surface area contributed by atoms with Crippen molar-refractivity contribution in [3.8, 4) is 28.9 Å². The summed E-state index contributed by atoms with van der Waals surface area (Å²) in [6, 6.07) is 17.6. The molecule has 0 fully saturated rings. The summed E-state index contributed by atoms with van der Waals surface area (Å²) in [6.07, 6.45) is 4.86. The van der Waals surface area contributed by atoms with Crippen molar-refractivity contribution >= 4 is 33.5 Å². The Labute approximate surface area is 213 Å². The van der Waals surface area contributed by atoms with E-state index in [4.69, 9.17) is 21.1 Å². The molecule has 2 aromatic carbocycles. The molecule has 4 aromatic rings. The number of benzene rings is 2. The van der Waals surface area contributed by atoms with Gasteiger partial charge in [-0.1, -0.05) is 61.0 Å². The van der Waals surface area contributed by atoms with Gasteiger partial charge in [-0.25, -0.2) is 28.4 Å². The van der Waals surface area contributed by atoms with Crippen LogP contribution in [0.3, 0.4) is 0 Å². The number of aromatic nitrogens is 4. The van der Waals surface area contributed by atoms with E-state index in [2.05, 4.69) is 24.7 Å². The number of halogens is 1. The van der Waals surface area contributed by atoms with E-state index in [9.17, 15) is 8.42 Å². The fourth-order valence-corrected chi connectivity index (χ4v) is 4.61. The molecule has 0 saturated heterocycles. The fraction of sp³-hybridized carbons (Fsp3) is 0.120. The number of allylic oxidation sites excluding steroid dienone is 1. The summed E-state index contributed by atoms with van der Waals surface area (Å²) >= 11 is 6.48. The highest BCUT2D eigenvalue weighted by molar-refractivity contribution is 7.96. The number of hydrogen-bond donors (Lipinski definition) is 1. The lowest BCUT2D eigenvalue weighted by atomic mass is 10.2. The molecule has 0 aliphatic heterocycles. The molecule has 1 N–H and O–H groups in total. The third kappa shape index (κ3) is 5.78. The van der Waals surface area contributed by atoms with E-state index in [1.165, 1.54) is 19.5 Å². The molecule has 184 valence electrons. The first kappa shape index (κ1) is 25.1. The van der Waals surface area contributed by atoms with Gasteiger partial charge in [0.05, 0.1) is 12.0 Å². The van der Waals surface area contributed by atoms with Gasteiger partial charge in [-0.3, -0.25) is 4.72 Å². The van der Waals surface area contributed by atoms with Gasteiger partial charge in [0.15, 0.2) is 28.3 Å². The lowest BCUT2D eigenvalue weighted by Gasteiger charge is -2.16. The van der Waals surface area contributed by atoms with Crippen LogP contribution >= 0.6 is 11.6 Å². The summed E-state index contributed by atoms with van der Waals surface area (Å²) in [6.45, 7) is 1.75. The molecule has 0 radical (unpaired) electrons. The topological polar surface area (TPSA) is 116 Å². The van der Waals surface area contributed by atoms with E-state index in [0.29, 0.717) is 11.5 Å². The molecule has 11 heteroatoms. The second-order valence-corrected chi connectivity index (χ2v) is 9.41. The van der Waals surface area contributed by atoms with E-state index in [1.807, 2.05) is 30.3 Å². The lowest BCUT2D eigenvalue weighted by Crippen LogP contribution is -2.17. The Balaban J connectivity index is 1.81. The van der Waals surface area contributed by atoms with Crippen molar-refractivity contribution in [1.82, 2.24) is 19.9 Å². The molecule has 36 heavy (non-hydrogen) atoms. The second-order valence-electron chi connectivity index (χ2n) is 7.32. The summed E-state index contributed by atoms with van der Waals surface area (Å²) in [5.74, 6) is 0.631. The first-order valence-corrected chi connectivity index (χ1v) is 12.7. The third-order valence-electron chi connectivity index (χ3n) is 4.92. The highest BCUT2D eigenvalue weighted by atomic mass is 35.5. The molecule has 0 aliphatic rings. The van der Waals surface area contributed by atoms with Gasteiger partial charge in [-0.2, -0.15) is 0 Å². The van der Waals surface area contributed by atoms with Crippen LogP contribution in [0.5, 0.6) is 17.2 Å². The van der Waals surface area contributed by atoms with Crippen molar-refractivity contribution in [3.05, 3.63) is 88.7 Å². The maximum absolute atomic E-state index is 13.4. The van der Waals surface area contributed by atoms with E-state index < -0.39 is 10.0 Å². The molecular formula is C25H22ClN5O4S. The minimum Gasteiger partial charge on any atom is -0.493 e. The minimum absolute atomic E-state index is 0.0239. The summed E-state index contributed by atoms with van der Waals surface area (Å²) < 4.78 is 40.7. The Morgan fingerprint density at radius 3 is 2.28 bits per heavy atom. The number of hydrogen-bond acceptors (Lipinski definition) is 8. The molecule has 0 bridgehead atoms. The monoisotopic (exact) mass is 523 g/mol. The molecule has 4 rings (SSSR count). The minimum atomic E-state index is -4.06. The maximum atomic E-state index is 13.4. The van der Waals surface area contributed by atoms with Gasteiger partial charge in [0, 0.05) is 12.4 Å². The number of para-hydroxylation sites is 2. The Kier molecular flexibility index (Phi) is 7.77. The Bertz CT molecular complexity index is 1480. The zero-order valence-corrected chi connectivity index (χ0v) is 21.0. The Morgan fingerprint density at radius 1 is 0.944 bits per heavy atom. The summed E-state index contributed by atoms with van der Waals surface area (Å²) in [7, 11) is -2.57. The van der Waals surface area contributed by atoms with E-state index in [1.54, 1.807) is 43.3 Å². The fourth-order valence-electron chi connectivity index (χ4n) is 3.21. The van der Waals surface area contributed by atoms with E-state index in [-0.39, 0.29) is 39.7 Å². The predicted octanol–water partition coefficient (Wildman–Crippen LogP) is 5.58. The van der Waals surface area contributed by atoms with Gasteiger partial charge < -0.3 is 9.47 Å². The number of anilines is 1. The molecule has 9 nitrogen and oxygen atoms in total. The highest BCUT2D eigenvalue weighted by Crippen LogP contribution is 2.39. The largest absolute Gasteiger partial charge is 0.493 e. The van der Waals surface area contributed by atoms with Crippen LogP contribution in [0.15, 0.2) is 78.0 Å². The summed E-state index contributed by atoms with van der Waals surface area (Å²) in [4.78, 5) is 17.0. The van der Waals surface area contributed by atoms with Crippen molar-refractivity contribution < 1.29 is 17.9 Å². The first-order chi connectivity index (χ1) is 17.4. The summed E-state index contributed by atoms with van der Waals surface area (Å²) in [5.41, 5.74) is 0.740. The van der Waals surface area contributed by atoms with Crippen LogP contribution in [0.4, 0.5) is 5.82 Å². The number of nitrogens with zero attached hydrogens (tertiary/aromatic N) is 4. The molecule has 2 aromatic heterocycles. The third-order valence-corrected chi connectivity index (χ3v) is 6.74. The molecule has 0 aliphatic carbocycles. The van der Waals surface area contributed by atoms with Crippen molar-refractivity contribution in [3.63, 3.8) is 0 Å². The van der Waals surface area contributed by atoms with E-state index >= 15 is 0 Å². The lowest BCUT2D eigenvalue weighted by molar-refractivity contribution is 0.378.